The number of nitrogen functional groups attached to an aromatic ring is 4. The van der Waals surface area contributed by atoms with Crippen LogP contribution in [0.4, 0.5) is 22.7 Å². The molecule has 0 aliphatic rings. The van der Waals surface area contributed by atoms with E-state index in [1.54, 1.807) is 0 Å². The monoisotopic (exact) mass is 1000 g/mol. The van der Waals surface area contributed by atoms with Gasteiger partial charge >= 0.3 is 0 Å². The quantitative estimate of drug-likeness (QED) is 0.121. The van der Waals surface area contributed by atoms with Crippen LogP contribution in [0.1, 0.15) is 22.3 Å². The zero-order chi connectivity index (χ0) is 27.4. The summed E-state index contributed by atoms with van der Waals surface area (Å²) in [7, 11) is 0. The number of rotatable bonds is 4. The lowest BCUT2D eigenvalue weighted by molar-refractivity contribution is 0.741. The Bertz CT molecular complexity index is 1240. The minimum Gasteiger partial charge on any atom is -0.397 e. The molecule has 0 aliphatic heterocycles. The molecule has 0 unspecified atom stereocenters. The third-order valence-corrected chi connectivity index (χ3v) is 11.3. The SMILES string of the molecule is Nc1c(Br)cc(C(c2cc(Br)c(N)c(Br)c2)(c2cc(Br)c(N)c(Br)c2)c2cc(Br)c(N)c(Br)c2)cc1Br. The first-order valence-electron chi connectivity index (χ1n) is 10.3. The summed E-state index contributed by atoms with van der Waals surface area (Å²) in [5, 5.41) is 0. The van der Waals surface area contributed by atoms with Crippen molar-refractivity contribution >= 4 is 150 Å². The van der Waals surface area contributed by atoms with Crippen molar-refractivity contribution in [3.05, 3.63) is 107 Å². The van der Waals surface area contributed by atoms with Gasteiger partial charge in [-0.3, -0.25) is 0 Å². The number of hydrogen-bond donors (Lipinski definition) is 4. The highest BCUT2D eigenvalue weighted by molar-refractivity contribution is 9.12. The number of nitrogens with two attached hydrogens (primary N) is 4. The topological polar surface area (TPSA) is 104 Å². The Morgan fingerprint density at radius 2 is 0.459 bits per heavy atom. The van der Waals surface area contributed by atoms with Gasteiger partial charge in [0, 0.05) is 35.8 Å². The van der Waals surface area contributed by atoms with Crippen molar-refractivity contribution in [1.82, 2.24) is 0 Å². The molecule has 0 aliphatic carbocycles. The van der Waals surface area contributed by atoms with Crippen LogP contribution in [0.5, 0.6) is 0 Å². The maximum absolute atomic E-state index is 6.33. The van der Waals surface area contributed by atoms with Gasteiger partial charge in [0.25, 0.3) is 0 Å². The van der Waals surface area contributed by atoms with Gasteiger partial charge in [0.05, 0.1) is 28.2 Å². The molecule has 37 heavy (non-hydrogen) atoms. The van der Waals surface area contributed by atoms with Crippen molar-refractivity contribution in [1.29, 1.82) is 0 Å². The molecule has 0 amide bonds. The van der Waals surface area contributed by atoms with Gasteiger partial charge in [0.15, 0.2) is 0 Å². The number of halogens is 8. The Morgan fingerprint density at radius 1 is 0.324 bits per heavy atom. The summed E-state index contributed by atoms with van der Waals surface area (Å²) >= 11 is 29.3. The molecule has 0 saturated heterocycles. The molecule has 0 saturated carbocycles. The number of benzene rings is 4. The Labute approximate surface area is 281 Å². The second-order valence-corrected chi connectivity index (χ2v) is 15.0. The average molecular weight is 1010 g/mol. The zero-order valence-electron chi connectivity index (χ0n) is 18.5. The molecule has 0 aromatic heterocycles. The van der Waals surface area contributed by atoms with Crippen LogP contribution in [-0.2, 0) is 5.41 Å². The second-order valence-electron chi connectivity index (χ2n) is 8.16. The van der Waals surface area contributed by atoms with Crippen LogP contribution in [0, 0.1) is 0 Å². The Morgan fingerprint density at radius 3 is 0.595 bits per heavy atom. The minimum atomic E-state index is -0.894. The lowest BCUT2D eigenvalue weighted by atomic mass is 9.65. The maximum atomic E-state index is 6.33. The molecule has 4 aromatic rings. The molecule has 8 N–H and O–H groups in total. The molecule has 192 valence electrons. The summed E-state index contributed by atoms with van der Waals surface area (Å²) in [5.41, 5.74) is 30.5. The van der Waals surface area contributed by atoms with E-state index in [-0.39, 0.29) is 0 Å². The van der Waals surface area contributed by atoms with E-state index in [9.17, 15) is 0 Å². The van der Waals surface area contributed by atoms with Crippen LogP contribution < -0.4 is 22.9 Å². The summed E-state index contributed by atoms with van der Waals surface area (Å²) in [4.78, 5) is 0. The zero-order valence-corrected chi connectivity index (χ0v) is 31.1. The maximum Gasteiger partial charge on any atom is 0.0704 e. The molecule has 0 heterocycles. The van der Waals surface area contributed by atoms with E-state index in [2.05, 4.69) is 127 Å². The van der Waals surface area contributed by atoms with Crippen LogP contribution in [0.2, 0.25) is 0 Å². The molecule has 0 spiro atoms. The van der Waals surface area contributed by atoms with Crippen LogP contribution in [0.3, 0.4) is 0 Å². The summed E-state index contributed by atoms with van der Waals surface area (Å²) in [6.45, 7) is 0. The van der Waals surface area contributed by atoms with Gasteiger partial charge < -0.3 is 22.9 Å². The van der Waals surface area contributed by atoms with E-state index in [0.717, 1.165) is 58.0 Å². The highest BCUT2D eigenvalue weighted by atomic mass is 79.9. The van der Waals surface area contributed by atoms with Crippen LogP contribution in [-0.4, -0.2) is 0 Å². The second kappa shape index (κ2) is 11.4. The standard InChI is InChI=1S/C25H16Br8N4/c26-13-1-9(2-14(27)21(13)34)25(10-3-15(28)22(35)16(29)4-10,11-5-17(30)23(36)18(31)6-11)12-7-19(32)24(37)20(33)8-12/h1-8H,34-37H2. The fourth-order valence-corrected chi connectivity index (χ4v) is 8.95. The Balaban J connectivity index is 2.33. The highest BCUT2D eigenvalue weighted by Crippen LogP contribution is 2.52. The third-order valence-electron chi connectivity index (χ3n) is 6.05. The largest absolute Gasteiger partial charge is 0.397 e. The van der Waals surface area contributed by atoms with E-state index in [0.29, 0.717) is 22.7 Å². The smallest absolute Gasteiger partial charge is 0.0704 e. The molecular weight excluding hydrogens is 996 g/mol. The summed E-state index contributed by atoms with van der Waals surface area (Å²) < 4.78 is 5.98. The molecule has 0 atom stereocenters. The van der Waals surface area contributed by atoms with Crippen molar-refractivity contribution in [3.63, 3.8) is 0 Å². The highest BCUT2D eigenvalue weighted by Gasteiger charge is 2.41. The van der Waals surface area contributed by atoms with Gasteiger partial charge in [-0.1, -0.05) is 0 Å². The first kappa shape index (κ1) is 29.9. The average Bonchev–Trinajstić information content (AvgIpc) is 2.83. The molecule has 4 nitrogen and oxygen atoms in total. The Kier molecular flexibility index (Phi) is 9.23. The van der Waals surface area contributed by atoms with Crippen molar-refractivity contribution in [2.45, 2.75) is 5.41 Å². The minimum absolute atomic E-state index is 0.594. The van der Waals surface area contributed by atoms with Crippen molar-refractivity contribution in [2.75, 3.05) is 22.9 Å². The molecule has 12 heteroatoms. The van der Waals surface area contributed by atoms with E-state index >= 15 is 0 Å². The molecular formula is C25H16Br8N4. The lowest BCUT2D eigenvalue weighted by Crippen LogP contribution is -2.32. The Hall–Kier alpha value is -0.0800. The van der Waals surface area contributed by atoms with E-state index in [1.165, 1.54) is 0 Å². The first-order valence-corrected chi connectivity index (χ1v) is 16.6. The molecule has 0 fully saturated rings. The number of hydrogen-bond acceptors (Lipinski definition) is 4. The van der Waals surface area contributed by atoms with Gasteiger partial charge in [-0.05, 0) is 198 Å². The van der Waals surface area contributed by atoms with E-state index in [4.69, 9.17) is 22.9 Å². The van der Waals surface area contributed by atoms with Crippen LogP contribution in [0.15, 0.2) is 84.3 Å². The summed E-state index contributed by atoms with van der Waals surface area (Å²) in [6, 6.07) is 16.2. The predicted molar refractivity (Wildman–Crippen MR) is 184 cm³/mol. The number of anilines is 4. The summed E-state index contributed by atoms with van der Waals surface area (Å²) in [5.74, 6) is 0. The predicted octanol–water partition coefficient (Wildman–Crippen LogP) is 10.5. The van der Waals surface area contributed by atoms with Crippen LogP contribution in [0.25, 0.3) is 0 Å². The van der Waals surface area contributed by atoms with Crippen molar-refractivity contribution in [3.8, 4) is 0 Å². The van der Waals surface area contributed by atoms with Gasteiger partial charge in [-0.15, -0.1) is 0 Å². The molecule has 0 bridgehead atoms. The van der Waals surface area contributed by atoms with Gasteiger partial charge in [0.1, 0.15) is 0 Å². The lowest BCUT2D eigenvalue weighted by Gasteiger charge is -2.38. The van der Waals surface area contributed by atoms with E-state index in [1.807, 2.05) is 48.5 Å². The molecule has 4 rings (SSSR count). The van der Waals surface area contributed by atoms with Crippen molar-refractivity contribution in [2.24, 2.45) is 0 Å². The van der Waals surface area contributed by atoms with Gasteiger partial charge in [-0.2, -0.15) is 0 Å². The molecule has 0 radical (unpaired) electrons. The third kappa shape index (κ3) is 5.35. The first-order chi connectivity index (χ1) is 17.3. The molecule has 4 aromatic carbocycles. The van der Waals surface area contributed by atoms with E-state index < -0.39 is 5.41 Å². The fourth-order valence-electron chi connectivity index (χ4n) is 4.20. The van der Waals surface area contributed by atoms with Crippen molar-refractivity contribution < 1.29 is 0 Å². The fraction of sp³-hybridized carbons (Fsp3) is 0.0400. The van der Waals surface area contributed by atoms with Gasteiger partial charge in [-0.25, -0.2) is 0 Å². The van der Waals surface area contributed by atoms with Crippen LogP contribution >= 0.6 is 127 Å². The van der Waals surface area contributed by atoms with Gasteiger partial charge in [0.2, 0.25) is 0 Å². The summed E-state index contributed by atoms with van der Waals surface area (Å²) in [6.07, 6.45) is 0. The normalized spacial score (nSPS) is 11.7.